The average Bonchev–Trinajstić information content (AvgIpc) is 2.97. The quantitative estimate of drug-likeness (QED) is 0.0673. The summed E-state index contributed by atoms with van der Waals surface area (Å²) in [6.07, 6.45) is -35.5. The number of hydrogen-bond acceptors (Lipinski definition) is 27. The van der Waals surface area contributed by atoms with Gasteiger partial charge < -0.3 is 90.3 Å². The molecule has 12 atom stereocenters. The summed E-state index contributed by atoms with van der Waals surface area (Å²) < 4.78 is 104. The van der Waals surface area contributed by atoms with Gasteiger partial charge in [0.15, 0.2) is 0 Å². The SMILES string of the molecule is O=S(=O)([O-])OC1C(O)C(O)C(O)C(O)C1O.O=S(=O)([O-])OC1C(O)C(O)C(O)C(O)C1O.O=S(=O)([O-])OC1C(O)C(O)C(O)C(O)C1O.[Al+3]. The Balaban J connectivity index is 0.000000698. The van der Waals surface area contributed by atoms with Gasteiger partial charge in [0.05, 0.1) is 0 Å². The van der Waals surface area contributed by atoms with Gasteiger partial charge >= 0.3 is 17.4 Å². The molecule has 0 radical (unpaired) electrons. The molecular weight excluding hydrogens is 771 g/mol. The van der Waals surface area contributed by atoms with Crippen molar-refractivity contribution in [1.29, 1.82) is 0 Å². The average molecular weight is 805 g/mol. The summed E-state index contributed by atoms with van der Waals surface area (Å²) >= 11 is 0. The van der Waals surface area contributed by atoms with E-state index in [2.05, 4.69) is 12.5 Å². The molecule has 288 valence electrons. The molecular formula is C18H33AlO27S3. The first-order chi connectivity index (χ1) is 21.4. The van der Waals surface area contributed by atoms with Crippen LogP contribution >= 0.6 is 0 Å². The Morgan fingerprint density at radius 1 is 0.286 bits per heavy atom. The van der Waals surface area contributed by atoms with Crippen LogP contribution in [0.1, 0.15) is 0 Å². The maximum atomic E-state index is 10.3. The van der Waals surface area contributed by atoms with E-state index < -0.39 is 141 Å². The van der Waals surface area contributed by atoms with E-state index in [0.29, 0.717) is 0 Å². The van der Waals surface area contributed by atoms with E-state index in [0.717, 1.165) is 0 Å². The van der Waals surface area contributed by atoms with Gasteiger partial charge in [0.25, 0.3) is 0 Å². The first-order valence-corrected chi connectivity index (χ1v) is 16.6. The predicted molar refractivity (Wildman–Crippen MR) is 140 cm³/mol. The number of rotatable bonds is 6. The standard InChI is InChI=1S/3C6H12O9S.Al/c3*7-1-2(8)4(10)6(5(11)3(1)9)15-16(12,13)14;/h3*1-11H,(H,12,13,14);/q;;;+3/p-3. The third-order valence-corrected chi connectivity index (χ3v) is 8.28. The Kier molecular flexibility index (Phi) is 18.4. The van der Waals surface area contributed by atoms with Crippen LogP contribution in [-0.2, 0) is 43.7 Å². The minimum Gasteiger partial charge on any atom is -0.726 e. The van der Waals surface area contributed by atoms with Crippen molar-refractivity contribution >= 4 is 48.6 Å². The van der Waals surface area contributed by atoms with E-state index in [9.17, 15) is 69.6 Å². The Labute approximate surface area is 286 Å². The van der Waals surface area contributed by atoms with Gasteiger partial charge in [0.2, 0.25) is 31.2 Å². The minimum atomic E-state index is -5.23. The van der Waals surface area contributed by atoms with Crippen molar-refractivity contribution in [3.8, 4) is 0 Å². The van der Waals surface area contributed by atoms with E-state index in [1.165, 1.54) is 0 Å². The molecule has 0 aromatic heterocycles. The second-order valence-electron chi connectivity index (χ2n) is 10.3. The molecule has 0 bridgehead atoms. The molecule has 27 nitrogen and oxygen atoms in total. The molecule has 3 aliphatic rings. The normalized spacial score (nSPS) is 44.7. The van der Waals surface area contributed by atoms with Crippen molar-refractivity contribution in [3.05, 3.63) is 0 Å². The Bertz CT molecular complexity index is 1140. The molecule has 15 N–H and O–H groups in total. The fourth-order valence-corrected chi connectivity index (χ4v) is 5.84. The van der Waals surface area contributed by atoms with E-state index in [1.54, 1.807) is 0 Å². The van der Waals surface area contributed by atoms with Crippen molar-refractivity contribution < 1.29 is 128 Å². The molecule has 0 saturated heterocycles. The molecule has 3 fully saturated rings. The fraction of sp³-hybridized carbons (Fsp3) is 1.00. The van der Waals surface area contributed by atoms with Crippen LogP contribution in [0.5, 0.6) is 0 Å². The molecule has 3 saturated carbocycles. The first-order valence-electron chi connectivity index (χ1n) is 12.6. The maximum Gasteiger partial charge on any atom is 3.00 e. The zero-order valence-corrected chi connectivity index (χ0v) is 27.4. The van der Waals surface area contributed by atoms with Gasteiger partial charge in [-0.25, -0.2) is 25.3 Å². The predicted octanol–water partition coefficient (Wildman–Crippen LogP) is -13.4. The molecule has 3 rings (SSSR count). The number of aliphatic hydroxyl groups excluding tert-OH is 15. The summed E-state index contributed by atoms with van der Waals surface area (Å²) in [5.74, 6) is 0. The van der Waals surface area contributed by atoms with E-state index in [4.69, 9.17) is 46.0 Å². The maximum absolute atomic E-state index is 10.3. The zero-order valence-electron chi connectivity index (χ0n) is 23.8. The van der Waals surface area contributed by atoms with Gasteiger partial charge in [-0.05, 0) is 0 Å². The fourth-order valence-electron chi connectivity index (χ4n) is 4.34. The Hall–Kier alpha value is -0.458. The van der Waals surface area contributed by atoms with Crippen LogP contribution in [-0.4, -0.2) is 243 Å². The zero-order chi connectivity index (χ0) is 38.0. The molecule has 12 unspecified atom stereocenters. The van der Waals surface area contributed by atoms with Crippen molar-refractivity contribution in [2.24, 2.45) is 0 Å². The summed E-state index contributed by atoms with van der Waals surface area (Å²) in [4.78, 5) is 0. The largest absolute Gasteiger partial charge is 3.00 e. The molecule has 0 spiro atoms. The van der Waals surface area contributed by atoms with Crippen LogP contribution in [0.4, 0.5) is 0 Å². The molecule has 0 aromatic carbocycles. The van der Waals surface area contributed by atoms with Gasteiger partial charge in [0, 0.05) is 0 Å². The van der Waals surface area contributed by atoms with Crippen LogP contribution < -0.4 is 0 Å². The van der Waals surface area contributed by atoms with Crippen LogP contribution in [0.2, 0.25) is 0 Å². The van der Waals surface area contributed by atoms with Crippen molar-refractivity contribution in [1.82, 2.24) is 0 Å². The molecule has 31 heteroatoms. The van der Waals surface area contributed by atoms with Gasteiger partial charge in [-0.2, -0.15) is 0 Å². The van der Waals surface area contributed by atoms with Gasteiger partial charge in [-0.1, -0.05) is 0 Å². The molecule has 3 aliphatic carbocycles. The summed E-state index contributed by atoms with van der Waals surface area (Å²) in [5.41, 5.74) is 0. The number of hydrogen-bond donors (Lipinski definition) is 15. The molecule has 0 aromatic rings. The Morgan fingerprint density at radius 3 is 0.490 bits per heavy atom. The molecule has 0 aliphatic heterocycles. The van der Waals surface area contributed by atoms with Gasteiger partial charge in [0.1, 0.15) is 110 Å². The smallest absolute Gasteiger partial charge is 0.726 e. The minimum absolute atomic E-state index is 0. The second-order valence-corrected chi connectivity index (χ2v) is 13.3. The molecule has 0 amide bonds. The monoisotopic (exact) mass is 804 g/mol. The second kappa shape index (κ2) is 18.5. The summed E-state index contributed by atoms with van der Waals surface area (Å²) in [7, 11) is -15.7. The summed E-state index contributed by atoms with van der Waals surface area (Å²) in [5, 5.41) is 138. The topological polar surface area (TPSA) is 503 Å². The van der Waals surface area contributed by atoms with Gasteiger partial charge in [-0.15, -0.1) is 0 Å². The van der Waals surface area contributed by atoms with Crippen molar-refractivity contribution in [3.63, 3.8) is 0 Å². The van der Waals surface area contributed by atoms with E-state index in [-0.39, 0.29) is 17.4 Å². The van der Waals surface area contributed by atoms with Gasteiger partial charge in [-0.3, -0.25) is 12.5 Å². The van der Waals surface area contributed by atoms with Crippen molar-refractivity contribution in [2.45, 2.75) is 110 Å². The van der Waals surface area contributed by atoms with Crippen molar-refractivity contribution in [2.75, 3.05) is 0 Å². The number of aliphatic hydroxyl groups is 15. The van der Waals surface area contributed by atoms with Crippen LogP contribution in [0.3, 0.4) is 0 Å². The van der Waals surface area contributed by atoms with Crippen LogP contribution in [0.15, 0.2) is 0 Å². The van der Waals surface area contributed by atoms with E-state index >= 15 is 0 Å². The summed E-state index contributed by atoms with van der Waals surface area (Å²) in [6, 6.07) is 0. The molecule has 0 heterocycles. The van der Waals surface area contributed by atoms with Crippen LogP contribution in [0, 0.1) is 0 Å². The Morgan fingerprint density at radius 2 is 0.388 bits per heavy atom. The third kappa shape index (κ3) is 13.2. The molecule has 49 heavy (non-hydrogen) atoms. The first kappa shape index (κ1) is 48.5. The summed E-state index contributed by atoms with van der Waals surface area (Å²) in [6.45, 7) is 0. The third-order valence-electron chi connectivity index (χ3n) is 6.91. The van der Waals surface area contributed by atoms with E-state index in [1.807, 2.05) is 0 Å². The van der Waals surface area contributed by atoms with Crippen LogP contribution in [0.25, 0.3) is 0 Å².